The predicted octanol–water partition coefficient (Wildman–Crippen LogP) is 5.22. The molecule has 2 N–H and O–H groups in total. The fourth-order valence-corrected chi connectivity index (χ4v) is 4.77. The van der Waals surface area contributed by atoms with Crippen LogP contribution in [0.1, 0.15) is 44.4 Å². The van der Waals surface area contributed by atoms with Crippen molar-refractivity contribution in [2.45, 2.75) is 57.3 Å². The molecule has 3 heterocycles. The third-order valence-electron chi connectivity index (χ3n) is 5.58. The number of thiophene rings is 1. The topological polar surface area (TPSA) is 62.5 Å². The van der Waals surface area contributed by atoms with Crippen LogP contribution in [-0.2, 0) is 6.18 Å². The number of nitrogens with one attached hydrogen (secondary N) is 1. The number of halogens is 3. The molecule has 0 spiro atoms. The van der Waals surface area contributed by atoms with Crippen LogP contribution in [0.15, 0.2) is 30.5 Å². The molecule has 0 aliphatic heterocycles. The maximum Gasteiger partial charge on any atom is 0.425 e. The van der Waals surface area contributed by atoms with Crippen molar-refractivity contribution in [2.24, 2.45) is 5.92 Å². The largest absolute Gasteiger partial charge is 0.425 e. The molecular formula is C20H23F3N4OS. The molecule has 0 radical (unpaired) electrons. The van der Waals surface area contributed by atoms with Crippen LogP contribution in [0.3, 0.4) is 0 Å². The van der Waals surface area contributed by atoms with Gasteiger partial charge in [-0.1, -0.05) is 0 Å². The molecule has 9 heteroatoms. The van der Waals surface area contributed by atoms with E-state index in [1.807, 2.05) is 19.9 Å². The summed E-state index contributed by atoms with van der Waals surface area (Å²) in [5.41, 5.74) is 0.456. The molecule has 1 fully saturated rings. The summed E-state index contributed by atoms with van der Waals surface area (Å²) in [6.45, 7) is 3.71. The first kappa shape index (κ1) is 20.2. The van der Waals surface area contributed by atoms with E-state index in [1.54, 1.807) is 16.8 Å². The zero-order chi connectivity index (χ0) is 20.8. The highest BCUT2D eigenvalue weighted by Crippen LogP contribution is 2.38. The number of hydrogen-bond acceptors (Lipinski definition) is 5. The van der Waals surface area contributed by atoms with E-state index < -0.39 is 16.7 Å². The van der Waals surface area contributed by atoms with E-state index in [-0.39, 0.29) is 12.0 Å². The minimum absolute atomic E-state index is 0.254. The lowest BCUT2D eigenvalue weighted by Gasteiger charge is -2.36. The number of rotatable bonds is 4. The molecular weight excluding hydrogens is 401 g/mol. The van der Waals surface area contributed by atoms with Gasteiger partial charge in [-0.15, -0.1) is 16.4 Å². The van der Waals surface area contributed by atoms with Gasteiger partial charge in [0.25, 0.3) is 0 Å². The van der Waals surface area contributed by atoms with Gasteiger partial charge in [-0.2, -0.15) is 13.2 Å². The normalized spacial score (nSPS) is 20.9. The van der Waals surface area contributed by atoms with Crippen molar-refractivity contribution in [3.63, 3.8) is 0 Å². The molecule has 0 amide bonds. The van der Waals surface area contributed by atoms with Crippen molar-refractivity contribution < 1.29 is 18.3 Å². The molecule has 0 aromatic carbocycles. The molecule has 156 valence electrons. The maximum absolute atomic E-state index is 12.9. The Bertz CT molecular complexity index is 997. The van der Waals surface area contributed by atoms with Gasteiger partial charge in [0.15, 0.2) is 5.65 Å². The van der Waals surface area contributed by atoms with Crippen molar-refractivity contribution in [1.82, 2.24) is 14.6 Å². The quantitative estimate of drug-likeness (QED) is 0.603. The lowest BCUT2D eigenvalue weighted by Crippen LogP contribution is -2.37. The molecule has 3 aromatic rings. The summed E-state index contributed by atoms with van der Waals surface area (Å²) in [6, 6.07) is 6.44. The Morgan fingerprint density at radius 3 is 2.45 bits per heavy atom. The van der Waals surface area contributed by atoms with Gasteiger partial charge in [0, 0.05) is 6.04 Å². The number of hydrogen-bond donors (Lipinski definition) is 2. The summed E-state index contributed by atoms with van der Waals surface area (Å²) in [5.74, 6) is 0.953. The van der Waals surface area contributed by atoms with Crippen molar-refractivity contribution >= 4 is 22.8 Å². The SMILES string of the molecule is CC(C)(O)C1CCC(Nc2ccc3ncc(-c4ccc(C(F)(F)F)s4)n3n2)CC1. The lowest BCUT2D eigenvalue weighted by molar-refractivity contribution is -0.134. The van der Waals surface area contributed by atoms with E-state index in [2.05, 4.69) is 15.4 Å². The Labute approximate surface area is 170 Å². The van der Waals surface area contributed by atoms with Crippen LogP contribution in [-0.4, -0.2) is 31.3 Å². The molecule has 0 unspecified atom stereocenters. The van der Waals surface area contributed by atoms with Gasteiger partial charge in [-0.25, -0.2) is 9.50 Å². The highest BCUT2D eigenvalue weighted by molar-refractivity contribution is 7.15. The number of fused-ring (bicyclic) bond motifs is 1. The minimum atomic E-state index is -4.36. The predicted molar refractivity (Wildman–Crippen MR) is 107 cm³/mol. The minimum Gasteiger partial charge on any atom is -0.390 e. The summed E-state index contributed by atoms with van der Waals surface area (Å²) in [4.78, 5) is 4.10. The zero-order valence-electron chi connectivity index (χ0n) is 16.2. The third kappa shape index (κ3) is 4.25. The van der Waals surface area contributed by atoms with Crippen molar-refractivity contribution in [3.05, 3.63) is 35.3 Å². The number of alkyl halides is 3. The number of anilines is 1. The van der Waals surface area contributed by atoms with Crippen molar-refractivity contribution in [3.8, 4) is 10.6 Å². The Hall–Kier alpha value is -2.13. The number of aliphatic hydroxyl groups is 1. The summed E-state index contributed by atoms with van der Waals surface area (Å²) < 4.78 is 40.4. The molecule has 5 nitrogen and oxygen atoms in total. The van der Waals surface area contributed by atoms with Crippen LogP contribution < -0.4 is 5.32 Å². The van der Waals surface area contributed by atoms with E-state index >= 15 is 0 Å². The van der Waals surface area contributed by atoms with E-state index in [0.29, 0.717) is 33.4 Å². The van der Waals surface area contributed by atoms with E-state index in [9.17, 15) is 18.3 Å². The summed E-state index contributed by atoms with van der Waals surface area (Å²) >= 11 is 0.686. The Morgan fingerprint density at radius 2 is 1.83 bits per heavy atom. The standard InChI is InChI=1S/C20H23F3N4OS/c1-19(2,28)12-3-5-13(6-4-12)25-17-9-10-18-24-11-14(27(18)26-17)15-7-8-16(29-15)20(21,22)23/h7-13,28H,3-6H2,1-2H3,(H,25,26). The van der Waals surface area contributed by atoms with E-state index in [4.69, 9.17) is 0 Å². The fourth-order valence-electron chi connectivity index (χ4n) is 3.90. The third-order valence-corrected chi connectivity index (χ3v) is 6.73. The number of aromatic nitrogens is 3. The zero-order valence-corrected chi connectivity index (χ0v) is 17.0. The summed E-state index contributed by atoms with van der Waals surface area (Å²) in [6.07, 6.45) is 0.943. The van der Waals surface area contributed by atoms with Crippen LogP contribution in [0.25, 0.3) is 16.2 Å². The Balaban J connectivity index is 1.53. The van der Waals surface area contributed by atoms with Gasteiger partial charge in [0.1, 0.15) is 16.4 Å². The first-order valence-electron chi connectivity index (χ1n) is 9.62. The second-order valence-electron chi connectivity index (χ2n) is 8.14. The molecule has 4 rings (SSSR count). The van der Waals surface area contributed by atoms with Crippen LogP contribution in [0.5, 0.6) is 0 Å². The second kappa shape index (κ2) is 7.28. The van der Waals surface area contributed by atoms with Crippen molar-refractivity contribution in [1.29, 1.82) is 0 Å². The highest BCUT2D eigenvalue weighted by Gasteiger charge is 2.33. The van der Waals surface area contributed by atoms with Crippen LogP contribution in [0.4, 0.5) is 19.0 Å². The fraction of sp³-hybridized carbons (Fsp3) is 0.500. The molecule has 29 heavy (non-hydrogen) atoms. The molecule has 1 saturated carbocycles. The smallest absolute Gasteiger partial charge is 0.390 e. The first-order chi connectivity index (χ1) is 13.6. The summed E-state index contributed by atoms with van der Waals surface area (Å²) in [7, 11) is 0. The second-order valence-corrected chi connectivity index (χ2v) is 9.22. The van der Waals surface area contributed by atoms with E-state index in [1.165, 1.54) is 6.07 Å². The number of nitrogens with zero attached hydrogens (tertiary/aromatic N) is 3. The monoisotopic (exact) mass is 424 g/mol. The Kier molecular flexibility index (Phi) is 5.06. The van der Waals surface area contributed by atoms with Gasteiger partial charge >= 0.3 is 6.18 Å². The Morgan fingerprint density at radius 1 is 1.10 bits per heavy atom. The molecule has 1 aliphatic rings. The van der Waals surface area contributed by atoms with Crippen LogP contribution in [0, 0.1) is 5.92 Å². The van der Waals surface area contributed by atoms with Crippen LogP contribution in [0.2, 0.25) is 0 Å². The molecule has 3 aromatic heterocycles. The average Bonchev–Trinajstić information content (AvgIpc) is 3.27. The van der Waals surface area contributed by atoms with Gasteiger partial charge in [-0.3, -0.25) is 0 Å². The van der Waals surface area contributed by atoms with Gasteiger partial charge < -0.3 is 10.4 Å². The van der Waals surface area contributed by atoms with Gasteiger partial charge in [0.05, 0.1) is 16.7 Å². The van der Waals surface area contributed by atoms with Crippen LogP contribution >= 0.6 is 11.3 Å². The molecule has 0 saturated heterocycles. The van der Waals surface area contributed by atoms with Crippen molar-refractivity contribution in [2.75, 3.05) is 5.32 Å². The number of imidazole rings is 1. The van der Waals surface area contributed by atoms with Gasteiger partial charge in [-0.05, 0) is 69.7 Å². The van der Waals surface area contributed by atoms with E-state index in [0.717, 1.165) is 31.7 Å². The van der Waals surface area contributed by atoms with Gasteiger partial charge in [0.2, 0.25) is 0 Å². The molecule has 0 atom stereocenters. The lowest BCUT2D eigenvalue weighted by atomic mass is 9.77. The first-order valence-corrected chi connectivity index (χ1v) is 10.4. The molecule has 0 bridgehead atoms. The highest BCUT2D eigenvalue weighted by atomic mass is 32.1. The summed E-state index contributed by atoms with van der Waals surface area (Å²) in [5, 5.41) is 18.2. The maximum atomic E-state index is 12.9. The average molecular weight is 424 g/mol. The molecule has 1 aliphatic carbocycles.